The van der Waals surface area contributed by atoms with E-state index in [4.69, 9.17) is 14.2 Å². The second-order valence-corrected chi connectivity index (χ2v) is 4.54. The van der Waals surface area contributed by atoms with Crippen LogP contribution in [0.3, 0.4) is 0 Å². The summed E-state index contributed by atoms with van der Waals surface area (Å²) >= 11 is 0. The highest BCUT2D eigenvalue weighted by molar-refractivity contribution is 5.45. The van der Waals surface area contributed by atoms with Gasteiger partial charge in [-0.15, -0.1) is 0 Å². The van der Waals surface area contributed by atoms with Crippen molar-refractivity contribution >= 4 is 0 Å². The van der Waals surface area contributed by atoms with Gasteiger partial charge in [-0.05, 0) is 17.7 Å². The van der Waals surface area contributed by atoms with Crippen molar-refractivity contribution in [1.82, 2.24) is 4.90 Å². The summed E-state index contributed by atoms with van der Waals surface area (Å²) < 4.78 is 15.9. The first kappa shape index (κ1) is 11.8. The van der Waals surface area contributed by atoms with E-state index in [-0.39, 0.29) is 6.79 Å². The summed E-state index contributed by atoms with van der Waals surface area (Å²) in [6.45, 7) is 4.13. The van der Waals surface area contributed by atoms with Gasteiger partial charge in [0.1, 0.15) is 0 Å². The maximum absolute atomic E-state index is 10.2. The van der Waals surface area contributed by atoms with E-state index in [1.807, 2.05) is 18.2 Å². The lowest BCUT2D eigenvalue weighted by molar-refractivity contribution is 0.0143. The molecular weight excluding hydrogens is 234 g/mol. The number of morpholine rings is 1. The molecule has 98 valence electrons. The van der Waals surface area contributed by atoms with Gasteiger partial charge in [-0.3, -0.25) is 4.90 Å². The minimum Gasteiger partial charge on any atom is -0.454 e. The Morgan fingerprint density at radius 1 is 1.17 bits per heavy atom. The van der Waals surface area contributed by atoms with E-state index >= 15 is 0 Å². The third-order valence-electron chi connectivity index (χ3n) is 3.32. The van der Waals surface area contributed by atoms with Crippen molar-refractivity contribution in [2.75, 3.05) is 39.6 Å². The van der Waals surface area contributed by atoms with Gasteiger partial charge in [0, 0.05) is 19.6 Å². The van der Waals surface area contributed by atoms with Crippen molar-refractivity contribution in [3.63, 3.8) is 0 Å². The van der Waals surface area contributed by atoms with Crippen LogP contribution in [0.4, 0.5) is 0 Å². The molecule has 2 aliphatic heterocycles. The third-order valence-corrected chi connectivity index (χ3v) is 3.32. The molecule has 5 nitrogen and oxygen atoms in total. The number of aliphatic hydroxyl groups is 1. The van der Waals surface area contributed by atoms with E-state index in [0.29, 0.717) is 12.3 Å². The van der Waals surface area contributed by atoms with Crippen LogP contribution in [0.2, 0.25) is 0 Å². The van der Waals surface area contributed by atoms with Crippen molar-refractivity contribution in [3.8, 4) is 11.5 Å². The van der Waals surface area contributed by atoms with E-state index in [1.54, 1.807) is 0 Å². The molecule has 0 saturated carbocycles. The topological polar surface area (TPSA) is 51.2 Å². The Morgan fingerprint density at radius 3 is 2.78 bits per heavy atom. The molecule has 3 rings (SSSR count). The summed E-state index contributed by atoms with van der Waals surface area (Å²) in [4.78, 5) is 2.21. The van der Waals surface area contributed by atoms with Crippen LogP contribution in [-0.4, -0.2) is 49.6 Å². The predicted octanol–water partition coefficient (Wildman–Crippen LogP) is 0.781. The lowest BCUT2D eigenvalue weighted by Crippen LogP contribution is -2.38. The molecule has 1 saturated heterocycles. The Bertz CT molecular complexity index is 417. The highest BCUT2D eigenvalue weighted by Crippen LogP contribution is 2.34. The number of fused-ring (bicyclic) bond motifs is 1. The Hall–Kier alpha value is -1.30. The molecule has 0 aromatic heterocycles. The minimum atomic E-state index is -0.502. The van der Waals surface area contributed by atoms with Crippen LogP contribution in [0.1, 0.15) is 11.7 Å². The maximum Gasteiger partial charge on any atom is 0.231 e. The highest BCUT2D eigenvalue weighted by atomic mass is 16.7. The fourth-order valence-corrected chi connectivity index (χ4v) is 2.25. The number of hydrogen-bond acceptors (Lipinski definition) is 5. The summed E-state index contributed by atoms with van der Waals surface area (Å²) in [5, 5.41) is 10.2. The molecule has 1 unspecified atom stereocenters. The van der Waals surface area contributed by atoms with Gasteiger partial charge in [-0.25, -0.2) is 0 Å². The summed E-state index contributed by atoms with van der Waals surface area (Å²) in [6, 6.07) is 5.59. The van der Waals surface area contributed by atoms with Crippen LogP contribution in [0, 0.1) is 0 Å². The van der Waals surface area contributed by atoms with E-state index in [9.17, 15) is 5.11 Å². The molecule has 1 fully saturated rings. The molecule has 5 heteroatoms. The third kappa shape index (κ3) is 2.43. The molecule has 0 bridgehead atoms. The van der Waals surface area contributed by atoms with E-state index in [1.165, 1.54) is 0 Å². The molecule has 0 radical (unpaired) electrons. The van der Waals surface area contributed by atoms with Crippen molar-refractivity contribution in [3.05, 3.63) is 23.8 Å². The molecule has 0 spiro atoms. The standard InChI is InChI=1S/C13H17NO4/c15-11(8-14-3-5-16-6-4-14)10-1-2-12-13(7-10)18-9-17-12/h1-2,7,11,15H,3-6,8-9H2. The summed E-state index contributed by atoms with van der Waals surface area (Å²) in [5.41, 5.74) is 0.866. The summed E-state index contributed by atoms with van der Waals surface area (Å²) in [7, 11) is 0. The second-order valence-electron chi connectivity index (χ2n) is 4.54. The molecule has 1 aromatic carbocycles. The molecule has 2 aliphatic rings. The molecular formula is C13H17NO4. The van der Waals surface area contributed by atoms with Gasteiger partial charge in [0.05, 0.1) is 19.3 Å². The van der Waals surface area contributed by atoms with Gasteiger partial charge in [-0.2, -0.15) is 0 Å². The van der Waals surface area contributed by atoms with E-state index in [0.717, 1.165) is 37.6 Å². The number of ether oxygens (including phenoxy) is 3. The molecule has 1 aromatic rings. The summed E-state index contributed by atoms with van der Waals surface area (Å²) in [6.07, 6.45) is -0.502. The lowest BCUT2D eigenvalue weighted by atomic mass is 10.1. The lowest BCUT2D eigenvalue weighted by Gasteiger charge is -2.28. The number of hydrogen-bond donors (Lipinski definition) is 1. The van der Waals surface area contributed by atoms with E-state index < -0.39 is 6.10 Å². The van der Waals surface area contributed by atoms with Crippen molar-refractivity contribution in [1.29, 1.82) is 0 Å². The monoisotopic (exact) mass is 251 g/mol. The Balaban J connectivity index is 1.66. The van der Waals surface area contributed by atoms with E-state index in [2.05, 4.69) is 4.90 Å². The number of benzene rings is 1. The number of β-amino-alcohol motifs (C(OH)–C–C–N with tert-alkyl or cyclic N) is 1. The smallest absolute Gasteiger partial charge is 0.231 e. The maximum atomic E-state index is 10.2. The van der Waals surface area contributed by atoms with Crippen LogP contribution in [0.25, 0.3) is 0 Å². The highest BCUT2D eigenvalue weighted by Gasteiger charge is 2.19. The van der Waals surface area contributed by atoms with Gasteiger partial charge in [-0.1, -0.05) is 6.07 Å². The van der Waals surface area contributed by atoms with Gasteiger partial charge in [0.15, 0.2) is 11.5 Å². The average molecular weight is 251 g/mol. The van der Waals surface area contributed by atoms with Crippen LogP contribution in [0.15, 0.2) is 18.2 Å². The Labute approximate surface area is 106 Å². The van der Waals surface area contributed by atoms with Crippen LogP contribution in [0.5, 0.6) is 11.5 Å². The van der Waals surface area contributed by atoms with Gasteiger partial charge < -0.3 is 19.3 Å². The first-order valence-corrected chi connectivity index (χ1v) is 6.20. The Kier molecular flexibility index (Phi) is 3.36. The second kappa shape index (κ2) is 5.14. The zero-order valence-corrected chi connectivity index (χ0v) is 10.2. The Morgan fingerprint density at radius 2 is 1.94 bits per heavy atom. The predicted molar refractivity (Wildman–Crippen MR) is 64.8 cm³/mol. The zero-order chi connectivity index (χ0) is 12.4. The number of nitrogens with zero attached hydrogens (tertiary/aromatic N) is 1. The van der Waals surface area contributed by atoms with Crippen LogP contribution < -0.4 is 9.47 Å². The normalized spacial score (nSPS) is 20.9. The molecule has 0 aliphatic carbocycles. The van der Waals surface area contributed by atoms with Crippen LogP contribution in [-0.2, 0) is 4.74 Å². The van der Waals surface area contributed by atoms with Gasteiger partial charge >= 0.3 is 0 Å². The number of rotatable bonds is 3. The van der Waals surface area contributed by atoms with Crippen molar-refractivity contribution < 1.29 is 19.3 Å². The van der Waals surface area contributed by atoms with Crippen molar-refractivity contribution in [2.45, 2.75) is 6.10 Å². The molecule has 18 heavy (non-hydrogen) atoms. The molecule has 1 N–H and O–H groups in total. The van der Waals surface area contributed by atoms with Crippen molar-refractivity contribution in [2.24, 2.45) is 0 Å². The SMILES string of the molecule is OC(CN1CCOCC1)c1ccc2c(c1)OCO2. The zero-order valence-electron chi connectivity index (χ0n) is 10.2. The molecule has 1 atom stereocenters. The fourth-order valence-electron chi connectivity index (χ4n) is 2.25. The summed E-state index contributed by atoms with van der Waals surface area (Å²) in [5.74, 6) is 1.46. The molecule has 2 heterocycles. The largest absolute Gasteiger partial charge is 0.454 e. The first-order chi connectivity index (χ1) is 8.83. The first-order valence-electron chi connectivity index (χ1n) is 6.20. The minimum absolute atomic E-state index is 0.262. The quantitative estimate of drug-likeness (QED) is 0.860. The fraction of sp³-hybridized carbons (Fsp3) is 0.538. The number of aliphatic hydroxyl groups excluding tert-OH is 1. The molecule has 0 amide bonds. The van der Waals surface area contributed by atoms with Gasteiger partial charge in [0.2, 0.25) is 6.79 Å². The average Bonchev–Trinajstić information content (AvgIpc) is 2.87. The van der Waals surface area contributed by atoms with Gasteiger partial charge in [0.25, 0.3) is 0 Å². The van der Waals surface area contributed by atoms with Crippen LogP contribution >= 0.6 is 0 Å².